The average molecular weight is 325 g/mol. The van der Waals surface area contributed by atoms with Gasteiger partial charge in [0.25, 0.3) is 0 Å². The number of carbonyl (C=O) groups excluding carboxylic acids is 1. The Morgan fingerprint density at radius 3 is 2.58 bits per heavy atom. The molecule has 2 aromatic rings. The number of benzene rings is 1. The fraction of sp³-hybridized carbons (Fsp3) is 0.421. The Kier molecular flexibility index (Phi) is 4.15. The maximum Gasteiger partial charge on any atom is 0.317 e. The molecule has 4 rings (SSSR count). The Morgan fingerprint density at radius 1 is 1.04 bits per heavy atom. The zero-order valence-corrected chi connectivity index (χ0v) is 13.7. The van der Waals surface area contributed by atoms with Crippen LogP contribution in [0.2, 0.25) is 0 Å². The smallest absolute Gasteiger partial charge is 0.317 e. The molecule has 1 N–H and O–H groups in total. The fourth-order valence-electron chi connectivity index (χ4n) is 3.69. The second-order valence-electron chi connectivity index (χ2n) is 6.53. The second kappa shape index (κ2) is 6.59. The van der Waals surface area contributed by atoms with Crippen LogP contribution in [-0.2, 0) is 0 Å². The molecular formula is C19H23N3O2. The molecular weight excluding hydrogens is 302 g/mol. The first-order valence-corrected chi connectivity index (χ1v) is 8.71. The first-order chi connectivity index (χ1) is 11.8. The van der Waals surface area contributed by atoms with Crippen LogP contribution in [0.15, 0.2) is 48.8 Å². The molecule has 24 heavy (non-hydrogen) atoms. The van der Waals surface area contributed by atoms with Gasteiger partial charge in [-0.25, -0.2) is 4.79 Å². The average Bonchev–Trinajstić information content (AvgIpc) is 3.17. The number of ether oxygens (including phenoxy) is 1. The van der Waals surface area contributed by atoms with E-state index in [9.17, 15) is 4.79 Å². The van der Waals surface area contributed by atoms with Crippen LogP contribution in [0.4, 0.5) is 4.79 Å². The maximum absolute atomic E-state index is 12.6. The van der Waals surface area contributed by atoms with Gasteiger partial charge in [-0.15, -0.1) is 0 Å². The number of likely N-dealkylation sites (tertiary alicyclic amines) is 1. The number of hydrogen-bond donors (Lipinski definition) is 1. The third-order valence-electron chi connectivity index (χ3n) is 5.06. The van der Waals surface area contributed by atoms with Crippen molar-refractivity contribution >= 4 is 6.03 Å². The summed E-state index contributed by atoms with van der Waals surface area (Å²) in [6, 6.07) is 12.7. The van der Waals surface area contributed by atoms with Gasteiger partial charge in [0, 0.05) is 43.5 Å². The molecule has 1 saturated heterocycles. The lowest BCUT2D eigenvalue weighted by atomic mass is 10.0. The number of piperidine rings is 1. The van der Waals surface area contributed by atoms with Gasteiger partial charge in [-0.3, -0.25) is 0 Å². The van der Waals surface area contributed by atoms with E-state index in [0.29, 0.717) is 12.6 Å². The molecule has 0 unspecified atom stereocenters. The van der Waals surface area contributed by atoms with Crippen LogP contribution in [0, 0.1) is 0 Å². The van der Waals surface area contributed by atoms with Crippen molar-refractivity contribution in [3.8, 4) is 5.75 Å². The Balaban J connectivity index is 1.36. The van der Waals surface area contributed by atoms with E-state index >= 15 is 0 Å². The van der Waals surface area contributed by atoms with Crippen molar-refractivity contribution in [1.29, 1.82) is 0 Å². The summed E-state index contributed by atoms with van der Waals surface area (Å²) in [5.74, 6) is 0.889. The molecule has 1 aromatic heterocycles. The lowest BCUT2D eigenvalue weighted by Crippen LogP contribution is -2.46. The third-order valence-corrected chi connectivity index (χ3v) is 5.06. The number of nitrogens with one attached hydrogen (secondary N) is 1. The summed E-state index contributed by atoms with van der Waals surface area (Å²) in [7, 11) is 0. The van der Waals surface area contributed by atoms with E-state index in [0.717, 1.165) is 43.7 Å². The van der Waals surface area contributed by atoms with Crippen molar-refractivity contribution in [3.05, 3.63) is 54.4 Å². The molecule has 3 heterocycles. The molecule has 1 fully saturated rings. The normalized spacial score (nSPS) is 21.0. The van der Waals surface area contributed by atoms with E-state index in [1.165, 1.54) is 0 Å². The number of amides is 2. The Morgan fingerprint density at radius 2 is 1.79 bits per heavy atom. The van der Waals surface area contributed by atoms with Crippen LogP contribution in [0.3, 0.4) is 0 Å². The number of rotatable bonds is 2. The summed E-state index contributed by atoms with van der Waals surface area (Å²) in [5.41, 5.74) is 1.08. The van der Waals surface area contributed by atoms with Crippen molar-refractivity contribution in [2.45, 2.75) is 31.3 Å². The van der Waals surface area contributed by atoms with E-state index < -0.39 is 0 Å². The van der Waals surface area contributed by atoms with Gasteiger partial charge in [-0.2, -0.15) is 0 Å². The monoisotopic (exact) mass is 325 g/mol. The van der Waals surface area contributed by atoms with Crippen molar-refractivity contribution in [3.63, 3.8) is 0 Å². The summed E-state index contributed by atoms with van der Waals surface area (Å²) in [4.78, 5) is 14.6. The molecule has 0 aliphatic carbocycles. The van der Waals surface area contributed by atoms with Gasteiger partial charge in [0.05, 0.1) is 12.6 Å². The van der Waals surface area contributed by atoms with Crippen LogP contribution in [0.1, 0.15) is 36.9 Å². The number of fused-ring (bicyclic) bond motifs is 1. The lowest BCUT2D eigenvalue weighted by molar-refractivity contribution is 0.163. The highest BCUT2D eigenvalue weighted by Crippen LogP contribution is 2.32. The first kappa shape index (κ1) is 15.1. The van der Waals surface area contributed by atoms with Crippen molar-refractivity contribution < 1.29 is 9.53 Å². The van der Waals surface area contributed by atoms with Crippen LogP contribution >= 0.6 is 0 Å². The second-order valence-corrected chi connectivity index (χ2v) is 6.53. The standard InChI is InChI=1S/C19H23N3O2/c23-19(20-17-9-14-24-18-6-2-1-5-16(17)18)22-12-7-15(8-13-22)21-10-3-4-11-21/h1-6,10-11,15,17H,7-9,12-14H2,(H,20,23)/t17-/m1/s1. The molecule has 0 spiro atoms. The van der Waals surface area contributed by atoms with Gasteiger partial charge in [0.1, 0.15) is 5.75 Å². The van der Waals surface area contributed by atoms with Gasteiger partial charge in [-0.1, -0.05) is 18.2 Å². The predicted molar refractivity (Wildman–Crippen MR) is 92.1 cm³/mol. The van der Waals surface area contributed by atoms with Crippen LogP contribution in [0.25, 0.3) is 0 Å². The van der Waals surface area contributed by atoms with E-state index in [1.54, 1.807) is 0 Å². The quantitative estimate of drug-likeness (QED) is 0.920. The van der Waals surface area contributed by atoms with Crippen LogP contribution in [0.5, 0.6) is 5.75 Å². The first-order valence-electron chi connectivity index (χ1n) is 8.71. The number of aromatic nitrogens is 1. The Hall–Kier alpha value is -2.43. The van der Waals surface area contributed by atoms with E-state index in [-0.39, 0.29) is 12.1 Å². The highest BCUT2D eigenvalue weighted by Gasteiger charge is 2.27. The number of carbonyl (C=O) groups is 1. The SMILES string of the molecule is O=C(N[C@@H]1CCOc2ccccc21)N1CCC(n2cccc2)CC1. The molecule has 0 saturated carbocycles. The van der Waals surface area contributed by atoms with Crippen molar-refractivity contribution in [2.75, 3.05) is 19.7 Å². The minimum atomic E-state index is 0.0441. The lowest BCUT2D eigenvalue weighted by Gasteiger charge is -2.35. The van der Waals surface area contributed by atoms with Crippen molar-refractivity contribution in [2.24, 2.45) is 0 Å². The molecule has 0 radical (unpaired) electrons. The summed E-state index contributed by atoms with van der Waals surface area (Å²) < 4.78 is 7.92. The van der Waals surface area contributed by atoms with E-state index in [2.05, 4.69) is 34.4 Å². The Labute approximate surface area is 142 Å². The summed E-state index contributed by atoms with van der Waals surface area (Å²) in [6.45, 7) is 2.26. The van der Waals surface area contributed by atoms with E-state index in [1.807, 2.05) is 29.2 Å². The van der Waals surface area contributed by atoms with Gasteiger partial charge >= 0.3 is 6.03 Å². The minimum absolute atomic E-state index is 0.0441. The summed E-state index contributed by atoms with van der Waals surface area (Å²) in [6.07, 6.45) is 7.06. The molecule has 2 aliphatic heterocycles. The molecule has 1 atom stereocenters. The molecule has 126 valence electrons. The van der Waals surface area contributed by atoms with Crippen LogP contribution in [-0.4, -0.2) is 35.2 Å². The highest BCUT2D eigenvalue weighted by atomic mass is 16.5. The fourth-order valence-corrected chi connectivity index (χ4v) is 3.69. The molecule has 2 aliphatic rings. The summed E-state index contributed by atoms with van der Waals surface area (Å²) >= 11 is 0. The van der Waals surface area contributed by atoms with E-state index in [4.69, 9.17) is 4.74 Å². The number of nitrogens with zero attached hydrogens (tertiary/aromatic N) is 2. The zero-order chi connectivity index (χ0) is 16.4. The Bertz CT molecular complexity index is 690. The minimum Gasteiger partial charge on any atom is -0.493 e. The molecule has 0 bridgehead atoms. The van der Waals surface area contributed by atoms with Gasteiger partial charge in [-0.05, 0) is 31.0 Å². The van der Waals surface area contributed by atoms with Crippen LogP contribution < -0.4 is 10.1 Å². The predicted octanol–water partition coefficient (Wildman–Crippen LogP) is 3.36. The molecule has 1 aromatic carbocycles. The van der Waals surface area contributed by atoms with Gasteiger partial charge in [0.2, 0.25) is 0 Å². The topological polar surface area (TPSA) is 46.5 Å². The number of urea groups is 1. The van der Waals surface area contributed by atoms with Crippen molar-refractivity contribution in [1.82, 2.24) is 14.8 Å². The van der Waals surface area contributed by atoms with Gasteiger partial charge < -0.3 is 19.5 Å². The number of hydrogen-bond acceptors (Lipinski definition) is 2. The molecule has 2 amide bonds. The molecule has 5 nitrogen and oxygen atoms in total. The third kappa shape index (κ3) is 2.98. The summed E-state index contributed by atoms with van der Waals surface area (Å²) in [5, 5.41) is 3.19. The number of para-hydroxylation sites is 1. The van der Waals surface area contributed by atoms with Gasteiger partial charge in [0.15, 0.2) is 0 Å². The highest BCUT2D eigenvalue weighted by molar-refractivity contribution is 5.75. The zero-order valence-electron chi connectivity index (χ0n) is 13.7. The largest absolute Gasteiger partial charge is 0.493 e. The molecule has 5 heteroatoms. The maximum atomic E-state index is 12.6.